The standard InChI is InChI=1S/C16H17FN4O2/c17-16(6-9-21(10-16)14(22)12-2-1-3-12)15-19-13(23-20-15)11-4-7-18-8-5-11/h4-5,7-8,12H,1-3,6,9-10H2. The molecule has 0 aromatic carbocycles. The number of pyridine rings is 1. The molecule has 1 amide bonds. The average Bonchev–Trinajstić information content (AvgIpc) is 3.14. The summed E-state index contributed by atoms with van der Waals surface area (Å²) in [4.78, 5) is 22.0. The Bertz CT molecular complexity index is 716. The van der Waals surface area contributed by atoms with E-state index < -0.39 is 5.67 Å². The Morgan fingerprint density at radius 2 is 2.13 bits per heavy atom. The summed E-state index contributed by atoms with van der Waals surface area (Å²) in [6, 6.07) is 3.45. The lowest BCUT2D eigenvalue weighted by atomic mass is 9.84. The van der Waals surface area contributed by atoms with Gasteiger partial charge in [0.2, 0.25) is 11.7 Å². The highest BCUT2D eigenvalue weighted by atomic mass is 19.1. The van der Waals surface area contributed by atoms with Crippen LogP contribution in [0.25, 0.3) is 11.5 Å². The Balaban J connectivity index is 1.52. The molecule has 0 bridgehead atoms. The minimum Gasteiger partial charge on any atom is -0.339 e. The Morgan fingerprint density at radius 1 is 1.35 bits per heavy atom. The molecule has 6 nitrogen and oxygen atoms in total. The van der Waals surface area contributed by atoms with Crippen LogP contribution in [0.5, 0.6) is 0 Å². The fourth-order valence-electron chi connectivity index (χ4n) is 3.07. The monoisotopic (exact) mass is 316 g/mol. The van der Waals surface area contributed by atoms with Gasteiger partial charge in [-0.2, -0.15) is 4.98 Å². The van der Waals surface area contributed by atoms with Gasteiger partial charge in [0.1, 0.15) is 0 Å². The van der Waals surface area contributed by atoms with E-state index in [-0.39, 0.29) is 36.5 Å². The van der Waals surface area contributed by atoms with Crippen LogP contribution in [0.1, 0.15) is 31.5 Å². The molecular weight excluding hydrogens is 299 g/mol. The summed E-state index contributed by atoms with van der Waals surface area (Å²) in [5, 5.41) is 3.80. The number of hydrogen-bond acceptors (Lipinski definition) is 5. The van der Waals surface area contributed by atoms with Gasteiger partial charge in [-0.3, -0.25) is 9.78 Å². The maximum Gasteiger partial charge on any atom is 0.258 e. The van der Waals surface area contributed by atoms with Gasteiger partial charge in [0, 0.05) is 36.8 Å². The van der Waals surface area contributed by atoms with Crippen LogP contribution < -0.4 is 0 Å². The summed E-state index contributed by atoms with van der Waals surface area (Å²) in [7, 11) is 0. The summed E-state index contributed by atoms with van der Waals surface area (Å²) in [5.41, 5.74) is -1.03. The highest BCUT2D eigenvalue weighted by Gasteiger charge is 2.47. The van der Waals surface area contributed by atoms with Crippen molar-refractivity contribution in [2.24, 2.45) is 5.92 Å². The summed E-state index contributed by atoms with van der Waals surface area (Å²) >= 11 is 0. The van der Waals surface area contributed by atoms with Crippen LogP contribution in [0, 0.1) is 5.92 Å². The summed E-state index contributed by atoms with van der Waals surface area (Å²) < 4.78 is 20.3. The fourth-order valence-corrected chi connectivity index (χ4v) is 3.07. The lowest BCUT2D eigenvalue weighted by molar-refractivity contribution is -0.137. The van der Waals surface area contributed by atoms with Crippen molar-refractivity contribution in [2.75, 3.05) is 13.1 Å². The number of amides is 1. The highest BCUT2D eigenvalue weighted by molar-refractivity contribution is 5.80. The lowest BCUT2D eigenvalue weighted by Crippen LogP contribution is -2.39. The van der Waals surface area contributed by atoms with E-state index in [0.29, 0.717) is 12.1 Å². The molecule has 3 heterocycles. The van der Waals surface area contributed by atoms with Crippen LogP contribution in [0.15, 0.2) is 29.0 Å². The van der Waals surface area contributed by atoms with Crippen molar-refractivity contribution in [3.8, 4) is 11.5 Å². The van der Waals surface area contributed by atoms with Gasteiger partial charge in [-0.15, -0.1) is 0 Å². The first-order valence-corrected chi connectivity index (χ1v) is 7.88. The second-order valence-electron chi connectivity index (χ2n) is 6.26. The zero-order valence-electron chi connectivity index (χ0n) is 12.6. The second kappa shape index (κ2) is 5.40. The van der Waals surface area contributed by atoms with Gasteiger partial charge >= 0.3 is 0 Å². The highest BCUT2D eigenvalue weighted by Crippen LogP contribution is 2.37. The number of aromatic nitrogens is 3. The largest absolute Gasteiger partial charge is 0.339 e. The van der Waals surface area contributed by atoms with Gasteiger partial charge in [-0.25, -0.2) is 4.39 Å². The molecule has 1 aliphatic heterocycles. The zero-order chi connectivity index (χ0) is 15.9. The zero-order valence-corrected chi connectivity index (χ0v) is 12.6. The molecule has 1 aliphatic carbocycles. The van der Waals surface area contributed by atoms with E-state index >= 15 is 4.39 Å². The van der Waals surface area contributed by atoms with Crippen molar-refractivity contribution in [2.45, 2.75) is 31.4 Å². The predicted molar refractivity (Wildman–Crippen MR) is 78.9 cm³/mol. The van der Waals surface area contributed by atoms with Crippen molar-refractivity contribution >= 4 is 5.91 Å². The van der Waals surface area contributed by atoms with Crippen molar-refractivity contribution in [3.05, 3.63) is 30.4 Å². The van der Waals surface area contributed by atoms with Crippen molar-refractivity contribution in [1.29, 1.82) is 0 Å². The average molecular weight is 316 g/mol. The third-order valence-corrected chi connectivity index (χ3v) is 4.74. The maximum atomic E-state index is 15.2. The van der Waals surface area contributed by atoms with E-state index in [0.717, 1.165) is 19.3 Å². The number of likely N-dealkylation sites (tertiary alicyclic amines) is 1. The van der Waals surface area contributed by atoms with E-state index in [9.17, 15) is 4.79 Å². The Hall–Kier alpha value is -2.31. The molecule has 2 fully saturated rings. The van der Waals surface area contributed by atoms with Gasteiger partial charge in [-0.1, -0.05) is 11.6 Å². The minimum atomic E-state index is -1.73. The summed E-state index contributed by atoms with van der Waals surface area (Å²) in [6.45, 7) is 0.419. The number of rotatable bonds is 3. The van der Waals surface area contributed by atoms with Gasteiger partial charge in [-0.05, 0) is 25.0 Å². The van der Waals surface area contributed by atoms with Crippen LogP contribution in [0.2, 0.25) is 0 Å². The van der Waals surface area contributed by atoms with E-state index in [1.54, 1.807) is 29.4 Å². The Morgan fingerprint density at radius 3 is 2.83 bits per heavy atom. The molecule has 1 unspecified atom stereocenters. The molecule has 23 heavy (non-hydrogen) atoms. The van der Waals surface area contributed by atoms with Crippen molar-refractivity contribution in [3.63, 3.8) is 0 Å². The molecule has 1 atom stereocenters. The molecule has 2 aromatic heterocycles. The maximum absolute atomic E-state index is 15.2. The van der Waals surface area contributed by atoms with E-state index in [4.69, 9.17) is 4.52 Å². The topological polar surface area (TPSA) is 72.1 Å². The van der Waals surface area contributed by atoms with Crippen LogP contribution in [-0.2, 0) is 10.5 Å². The third kappa shape index (κ3) is 2.50. The molecule has 1 saturated carbocycles. The number of nitrogens with zero attached hydrogens (tertiary/aromatic N) is 4. The molecule has 7 heteroatoms. The molecular formula is C16H17FN4O2. The molecule has 4 rings (SSSR count). The number of alkyl halides is 1. The molecule has 0 spiro atoms. The molecule has 2 aliphatic rings. The van der Waals surface area contributed by atoms with Gasteiger partial charge in [0.05, 0.1) is 6.54 Å². The first-order chi connectivity index (χ1) is 11.2. The smallest absolute Gasteiger partial charge is 0.258 e. The van der Waals surface area contributed by atoms with E-state index in [1.807, 2.05) is 0 Å². The molecule has 2 aromatic rings. The fraction of sp³-hybridized carbons (Fsp3) is 0.500. The normalized spacial score (nSPS) is 24.7. The van der Waals surface area contributed by atoms with E-state index in [2.05, 4.69) is 15.1 Å². The molecule has 1 saturated heterocycles. The van der Waals surface area contributed by atoms with Crippen LogP contribution in [-0.4, -0.2) is 39.0 Å². The van der Waals surface area contributed by atoms with Crippen LogP contribution >= 0.6 is 0 Å². The first-order valence-electron chi connectivity index (χ1n) is 7.88. The van der Waals surface area contributed by atoms with Crippen molar-refractivity contribution < 1.29 is 13.7 Å². The molecule has 120 valence electrons. The predicted octanol–water partition coefficient (Wildman–Crippen LogP) is 2.33. The second-order valence-corrected chi connectivity index (χ2v) is 6.26. The minimum absolute atomic E-state index is 0.0116. The quantitative estimate of drug-likeness (QED) is 0.869. The number of carbonyl (C=O) groups is 1. The van der Waals surface area contributed by atoms with Gasteiger partial charge < -0.3 is 9.42 Å². The van der Waals surface area contributed by atoms with Crippen LogP contribution in [0.4, 0.5) is 4.39 Å². The number of hydrogen-bond donors (Lipinski definition) is 0. The summed E-state index contributed by atoms with van der Waals surface area (Å²) in [6.07, 6.45) is 6.36. The third-order valence-electron chi connectivity index (χ3n) is 4.74. The van der Waals surface area contributed by atoms with Gasteiger partial charge in [0.25, 0.3) is 5.89 Å². The number of carbonyl (C=O) groups excluding carboxylic acids is 1. The Labute approximate surface area is 132 Å². The molecule has 0 radical (unpaired) electrons. The SMILES string of the molecule is O=C(C1CCC1)N1CCC(F)(c2noc(-c3ccncc3)n2)C1. The van der Waals surface area contributed by atoms with Crippen molar-refractivity contribution in [1.82, 2.24) is 20.0 Å². The van der Waals surface area contributed by atoms with E-state index in [1.165, 1.54) is 0 Å². The summed E-state index contributed by atoms with van der Waals surface area (Å²) in [5.74, 6) is 0.431. The Kier molecular flexibility index (Phi) is 3.36. The van der Waals surface area contributed by atoms with Gasteiger partial charge in [0.15, 0.2) is 5.67 Å². The lowest BCUT2D eigenvalue weighted by Gasteiger charge is -2.29. The number of halogens is 1. The molecule has 0 N–H and O–H groups in total. The first kappa shape index (κ1) is 14.3. The van der Waals surface area contributed by atoms with Crippen LogP contribution in [0.3, 0.4) is 0 Å².